The zero-order valence-electron chi connectivity index (χ0n) is 16.4. The Balaban J connectivity index is 1.54. The van der Waals surface area contributed by atoms with Crippen molar-refractivity contribution in [2.75, 3.05) is 5.32 Å². The number of hydrogen-bond acceptors (Lipinski definition) is 4. The van der Waals surface area contributed by atoms with Crippen LogP contribution in [-0.2, 0) is 12.2 Å². The second kappa shape index (κ2) is 8.80. The van der Waals surface area contributed by atoms with Crippen LogP contribution in [0, 0.1) is 6.92 Å². The lowest BCUT2D eigenvalue weighted by Crippen LogP contribution is -2.16. The van der Waals surface area contributed by atoms with Crippen molar-refractivity contribution in [3.63, 3.8) is 0 Å². The van der Waals surface area contributed by atoms with E-state index in [4.69, 9.17) is 0 Å². The number of para-hydroxylation sites is 2. The zero-order valence-corrected chi connectivity index (χ0v) is 18.1. The normalized spacial score (nSPS) is 11.0. The molecule has 0 bridgehead atoms. The third kappa shape index (κ3) is 4.36. The maximum absolute atomic E-state index is 13.1. The number of rotatable bonds is 6. The van der Waals surface area contributed by atoms with Gasteiger partial charge in [-0.3, -0.25) is 4.79 Å². The molecule has 1 heterocycles. The Labute approximate surface area is 179 Å². The topological polar surface area (TPSA) is 42.0 Å². The molecule has 29 heavy (non-hydrogen) atoms. The second-order valence-electron chi connectivity index (χ2n) is 6.81. The first-order valence-corrected chi connectivity index (χ1v) is 11.4. The Morgan fingerprint density at radius 2 is 1.76 bits per heavy atom. The molecule has 0 radical (unpaired) electrons. The van der Waals surface area contributed by atoms with E-state index in [1.54, 1.807) is 23.1 Å². The molecule has 0 saturated heterocycles. The van der Waals surface area contributed by atoms with E-state index in [1.165, 1.54) is 4.70 Å². The predicted octanol–water partition coefficient (Wildman–Crippen LogP) is 6.71. The zero-order chi connectivity index (χ0) is 20.2. The van der Waals surface area contributed by atoms with Crippen molar-refractivity contribution in [3.05, 3.63) is 89.0 Å². The van der Waals surface area contributed by atoms with Gasteiger partial charge in [-0.2, -0.15) is 0 Å². The highest BCUT2D eigenvalue weighted by molar-refractivity contribution is 8.00. The van der Waals surface area contributed by atoms with E-state index in [9.17, 15) is 4.79 Å². The number of thiazole rings is 1. The van der Waals surface area contributed by atoms with Gasteiger partial charge in [-0.1, -0.05) is 67.2 Å². The van der Waals surface area contributed by atoms with Gasteiger partial charge in [0.25, 0.3) is 5.91 Å². The Kier molecular flexibility index (Phi) is 5.97. The molecule has 3 aromatic carbocycles. The Bertz CT molecular complexity index is 1130. The number of carbonyl (C=O) groups excluding carboxylic acids is 1. The summed E-state index contributed by atoms with van der Waals surface area (Å²) < 4.78 is 2.21. The van der Waals surface area contributed by atoms with Gasteiger partial charge >= 0.3 is 0 Å². The predicted molar refractivity (Wildman–Crippen MR) is 124 cm³/mol. The van der Waals surface area contributed by atoms with E-state index in [2.05, 4.69) is 29.4 Å². The highest BCUT2D eigenvalue weighted by atomic mass is 32.2. The molecule has 0 fully saturated rings. The van der Waals surface area contributed by atoms with Gasteiger partial charge in [-0.25, -0.2) is 4.98 Å². The smallest absolute Gasteiger partial charge is 0.255 e. The van der Waals surface area contributed by atoms with Crippen molar-refractivity contribution in [1.29, 1.82) is 0 Å². The minimum Gasteiger partial charge on any atom is -0.321 e. The number of benzene rings is 3. The molecular formula is C24H22N2OS2. The van der Waals surface area contributed by atoms with Gasteiger partial charge in [-0.15, -0.1) is 11.3 Å². The van der Waals surface area contributed by atoms with Crippen molar-refractivity contribution >= 4 is 44.9 Å². The highest BCUT2D eigenvalue weighted by Gasteiger charge is 2.15. The molecule has 0 aliphatic heterocycles. The number of anilines is 1. The standard InChI is InChI=1S/C24H22N2OS2/c1-3-17-11-8-9-16(2)22(17)26-23(27)19-12-5-4-10-18(19)15-28-24-25-20-13-6-7-14-21(20)29-24/h4-14H,3,15H2,1-2H3,(H,26,27). The first-order valence-electron chi connectivity index (χ1n) is 9.62. The molecule has 146 valence electrons. The number of carbonyl (C=O) groups is 1. The number of hydrogen-bond donors (Lipinski definition) is 1. The monoisotopic (exact) mass is 418 g/mol. The molecule has 0 unspecified atom stereocenters. The summed E-state index contributed by atoms with van der Waals surface area (Å²) in [4.78, 5) is 17.8. The summed E-state index contributed by atoms with van der Waals surface area (Å²) in [6, 6.07) is 22.1. The van der Waals surface area contributed by atoms with Crippen molar-refractivity contribution < 1.29 is 4.79 Å². The third-order valence-electron chi connectivity index (χ3n) is 4.87. The average Bonchev–Trinajstić information content (AvgIpc) is 3.17. The molecule has 4 rings (SSSR count). The minimum atomic E-state index is -0.0606. The molecule has 1 N–H and O–H groups in total. The second-order valence-corrected chi connectivity index (χ2v) is 9.06. The number of fused-ring (bicyclic) bond motifs is 1. The highest BCUT2D eigenvalue weighted by Crippen LogP contribution is 2.32. The number of nitrogens with zero attached hydrogens (tertiary/aromatic N) is 1. The van der Waals surface area contributed by atoms with Crippen LogP contribution in [0.15, 0.2) is 71.1 Å². The van der Waals surface area contributed by atoms with Crippen molar-refractivity contribution in [2.24, 2.45) is 0 Å². The summed E-state index contributed by atoms with van der Waals surface area (Å²) in [5.41, 5.74) is 5.91. The van der Waals surface area contributed by atoms with Crippen LogP contribution in [0.25, 0.3) is 10.2 Å². The summed E-state index contributed by atoms with van der Waals surface area (Å²) in [7, 11) is 0. The number of amides is 1. The van der Waals surface area contributed by atoms with Gasteiger partial charge in [0.2, 0.25) is 0 Å². The molecule has 1 amide bonds. The summed E-state index contributed by atoms with van der Waals surface area (Å²) in [5.74, 6) is 0.646. The van der Waals surface area contributed by atoms with Crippen LogP contribution in [0.2, 0.25) is 0 Å². The number of aromatic nitrogens is 1. The summed E-state index contributed by atoms with van der Waals surface area (Å²) in [6.45, 7) is 4.14. The number of nitrogens with one attached hydrogen (secondary N) is 1. The minimum absolute atomic E-state index is 0.0606. The first-order chi connectivity index (χ1) is 14.2. The van der Waals surface area contributed by atoms with Crippen LogP contribution in [0.4, 0.5) is 5.69 Å². The van der Waals surface area contributed by atoms with E-state index in [1.807, 2.05) is 61.5 Å². The van der Waals surface area contributed by atoms with Gasteiger partial charge in [0.1, 0.15) is 0 Å². The van der Waals surface area contributed by atoms with Crippen molar-refractivity contribution in [3.8, 4) is 0 Å². The van der Waals surface area contributed by atoms with Crippen LogP contribution < -0.4 is 5.32 Å². The van der Waals surface area contributed by atoms with Crippen molar-refractivity contribution in [1.82, 2.24) is 4.98 Å². The van der Waals surface area contributed by atoms with Crippen LogP contribution >= 0.6 is 23.1 Å². The third-order valence-corrected chi connectivity index (χ3v) is 7.09. The fourth-order valence-corrected chi connectivity index (χ4v) is 5.38. The summed E-state index contributed by atoms with van der Waals surface area (Å²) >= 11 is 3.37. The van der Waals surface area contributed by atoms with E-state index in [-0.39, 0.29) is 5.91 Å². The maximum atomic E-state index is 13.1. The summed E-state index contributed by atoms with van der Waals surface area (Å²) in [6.07, 6.45) is 0.881. The van der Waals surface area contributed by atoms with Gasteiger partial charge in [0.15, 0.2) is 4.34 Å². The molecule has 3 nitrogen and oxygen atoms in total. The molecule has 0 spiro atoms. The van der Waals surface area contributed by atoms with Crippen LogP contribution in [0.5, 0.6) is 0 Å². The lowest BCUT2D eigenvalue weighted by Gasteiger charge is -2.14. The van der Waals surface area contributed by atoms with E-state index in [0.717, 1.165) is 38.7 Å². The lowest BCUT2D eigenvalue weighted by atomic mass is 10.0. The van der Waals surface area contributed by atoms with Crippen LogP contribution in [0.1, 0.15) is 34.0 Å². The fourth-order valence-electron chi connectivity index (χ4n) is 3.30. The average molecular weight is 419 g/mol. The lowest BCUT2D eigenvalue weighted by molar-refractivity contribution is 0.102. The molecule has 0 atom stereocenters. The molecule has 0 saturated carbocycles. The molecule has 4 aromatic rings. The van der Waals surface area contributed by atoms with Gasteiger partial charge in [0.05, 0.1) is 10.2 Å². The van der Waals surface area contributed by atoms with Crippen LogP contribution in [-0.4, -0.2) is 10.9 Å². The number of aryl methyl sites for hydroxylation is 2. The molecule has 0 aliphatic carbocycles. The molecule has 0 aliphatic rings. The van der Waals surface area contributed by atoms with Crippen molar-refractivity contribution in [2.45, 2.75) is 30.4 Å². The van der Waals surface area contributed by atoms with Gasteiger partial charge in [-0.05, 0) is 48.2 Å². The van der Waals surface area contributed by atoms with Crippen LogP contribution in [0.3, 0.4) is 0 Å². The molecule has 5 heteroatoms. The quantitative estimate of drug-likeness (QED) is 0.354. The SMILES string of the molecule is CCc1cccc(C)c1NC(=O)c1ccccc1CSc1nc2ccccc2s1. The Hall–Kier alpha value is -2.63. The summed E-state index contributed by atoms with van der Waals surface area (Å²) in [5, 5.41) is 3.14. The Morgan fingerprint density at radius 1 is 1.00 bits per heavy atom. The van der Waals surface area contributed by atoms with Gasteiger partial charge in [0, 0.05) is 17.0 Å². The van der Waals surface area contributed by atoms with Gasteiger partial charge < -0.3 is 5.32 Å². The largest absolute Gasteiger partial charge is 0.321 e. The molecular weight excluding hydrogens is 396 g/mol. The maximum Gasteiger partial charge on any atom is 0.255 e. The van der Waals surface area contributed by atoms with E-state index >= 15 is 0 Å². The Morgan fingerprint density at radius 3 is 2.59 bits per heavy atom. The van der Waals surface area contributed by atoms with E-state index in [0.29, 0.717) is 11.3 Å². The van der Waals surface area contributed by atoms with E-state index < -0.39 is 0 Å². The molecule has 1 aromatic heterocycles. The number of thioether (sulfide) groups is 1. The fraction of sp³-hybridized carbons (Fsp3) is 0.167. The first kappa shape index (κ1) is 19.7.